The number of phenols is 3. The van der Waals surface area contributed by atoms with Crippen LogP contribution in [0.25, 0.3) is 11.1 Å². The molecule has 3 saturated heterocycles. The van der Waals surface area contributed by atoms with Crippen LogP contribution in [0.2, 0.25) is 10.0 Å². The topological polar surface area (TPSA) is 677 Å². The van der Waals surface area contributed by atoms with Crippen LogP contribution in [-0.2, 0) is 66.9 Å². The maximum atomic E-state index is 16.5. The lowest BCUT2D eigenvalue weighted by molar-refractivity contribution is -0.334. The van der Waals surface area contributed by atoms with Gasteiger partial charge >= 0.3 is 5.97 Å². The number of fused-ring (bicyclic) bond motifs is 15. The first-order chi connectivity index (χ1) is 63.7. The summed E-state index contributed by atoms with van der Waals surface area (Å²) >= 11 is 14.4. The Balaban J connectivity index is 1.06. The molecule has 0 aromatic heterocycles. The van der Waals surface area contributed by atoms with Gasteiger partial charge in [-0.15, -0.1) is 0 Å². The largest absolute Gasteiger partial charge is 0.508 e. The van der Waals surface area contributed by atoms with Crippen LogP contribution in [0.5, 0.6) is 46.0 Å². The molecule has 0 saturated carbocycles. The number of carboxylic acid groups (broad SMARTS) is 1. The lowest BCUT2D eigenvalue weighted by Crippen LogP contribution is -2.65. The van der Waals surface area contributed by atoms with Crippen molar-refractivity contribution >= 4 is 82.3 Å². The number of aliphatic carboxylic acids is 1. The molecule has 11 bridgehead atoms. The summed E-state index contributed by atoms with van der Waals surface area (Å²) in [5.41, 5.74) is 1.09. The lowest BCUT2D eigenvalue weighted by Gasteiger charge is -2.48. The van der Waals surface area contributed by atoms with E-state index in [1.807, 2.05) is 0 Å². The van der Waals surface area contributed by atoms with Crippen LogP contribution in [0.3, 0.4) is 0 Å². The summed E-state index contributed by atoms with van der Waals surface area (Å²) in [4.78, 5) is 148. The van der Waals surface area contributed by atoms with Gasteiger partial charge < -0.3 is 169 Å². The summed E-state index contributed by atoms with van der Waals surface area (Å²) in [6.07, 6.45) is -19.0. The second kappa shape index (κ2) is 46.4. The van der Waals surface area contributed by atoms with Crippen LogP contribution < -0.4 is 78.4 Å². The Kier molecular flexibility index (Phi) is 36.0. The Morgan fingerprint density at radius 3 is 1.85 bits per heavy atom. The highest BCUT2D eigenvalue weighted by Gasteiger charge is 2.53. The molecule has 27 N–H and O–H groups in total. The number of aliphatic hydroxyl groups excluding tert-OH is 10. The summed E-state index contributed by atoms with van der Waals surface area (Å²) in [6.45, 7) is 8.78. The first-order valence-electron chi connectivity index (χ1n) is 44.2. The number of ether oxygens (including phenoxy) is 7. The van der Waals surface area contributed by atoms with E-state index in [1.54, 1.807) is 27.7 Å². The van der Waals surface area contributed by atoms with E-state index in [1.165, 1.54) is 38.4 Å². The van der Waals surface area contributed by atoms with Gasteiger partial charge in [0.15, 0.2) is 30.2 Å². The number of hydrogen-bond acceptors (Lipinski definition) is 33. The van der Waals surface area contributed by atoms with Gasteiger partial charge in [-0.1, -0.05) is 107 Å². The van der Waals surface area contributed by atoms with Gasteiger partial charge in [-0.05, 0) is 135 Å². The van der Waals surface area contributed by atoms with Crippen molar-refractivity contribution < 1.29 is 153 Å². The fourth-order valence-electron chi connectivity index (χ4n) is 16.9. The number of amides is 9. The highest BCUT2D eigenvalue weighted by molar-refractivity contribution is 6.32. The molecule has 1 unspecified atom stereocenters. The SMILES string of the molecule is CCCCCCCCCCNCCN[C@@]1(C)C[C@H](O[C@H]2[C@H](Oc3c4cc5cc3Oc3ccc(cc3Cl)[C@@H](O)[C@@H](NC(=O)[C@@H](CC(C)C)NC)C(=O)N[C@@H](CC(N)=O)C(=O)N[C@H]5C(=O)N[C@H]3C(=O)N[C@H](C(=O)N[C@H](C(=O)N[C@@H](CCC(=O)N[C@H]5C(O)O[C@H](CO)[C@@H](O)[C@@H]5O)C(=O)O)c5cc(O)cc(O)c5-c5cc3ccc5O)[C@H](O)c3ccc(c(Cl)c3)O4)O[C@H](CO)[C@@H](O)[C@@H]2O)O[C@@H](C)[C@H]1O. The van der Waals surface area contributed by atoms with Crippen molar-refractivity contribution in [3.63, 3.8) is 0 Å². The molecule has 24 atom stereocenters. The van der Waals surface area contributed by atoms with Gasteiger partial charge in [0.2, 0.25) is 65.2 Å². The predicted octanol–water partition coefficient (Wildman–Crippen LogP) is -0.352. The molecule has 3 fully saturated rings. The van der Waals surface area contributed by atoms with E-state index in [-0.39, 0.29) is 30.1 Å². The monoisotopic (exact) mass is 1920 g/mol. The van der Waals surface area contributed by atoms with Crippen molar-refractivity contribution in [1.82, 2.24) is 58.5 Å². The van der Waals surface area contributed by atoms with E-state index in [2.05, 4.69) is 65.4 Å². The minimum atomic E-state index is -2.49. The maximum Gasteiger partial charge on any atom is 0.326 e. The minimum absolute atomic E-state index is 0.139. The first kappa shape index (κ1) is 104. The number of primary amides is 1. The van der Waals surface area contributed by atoms with Crippen LogP contribution in [-0.4, -0.2) is 286 Å². The zero-order valence-corrected chi connectivity index (χ0v) is 75.6. The Hall–Kier alpha value is -10.5. The Morgan fingerprint density at radius 1 is 0.627 bits per heavy atom. The number of aliphatic hydroxyl groups is 10. The standard InChI is InChI=1S/C89H118Cl2N12O31/c1-7-8-9-10-11-12-13-14-23-94-24-25-95-89(5)35-62(128-39(4)78(89)117)133-77-75(116)73(114)59(37-105)132-88(77)134-76-56-30-43-31-57(76)130-55-21-17-42(29-48(55)91)71(112)68-85(124)101-66(83(122)96-49(86(125)126)18-22-61(110)98-69-74(115)72(113)58(36-104)131-87(69)127)46-32-44(106)33-53(108)63(46)45-27-40(15-19-52(45)107)64(81(120)103-68)100-82(121)65(43)99-80(119)51(34-60(92)109)97-84(123)67(102-79(118)50(93-6)26-38(2)3)70(111)41-16-20-54(129-56)47(90)28-41/h15-17,19-21,27-33,38-39,49-51,58-59,62,64-75,77-78,87-88,93-95,104-108,111-117,127H,7-14,18,22-26,34-37H2,1-6H3,(H2,92,109)(H,96,122)(H,97,123)(H,98,110)(H,99,119)(H,100,121)(H,101,124)(H,102,118)(H,103,120)(H,125,126)/t39-,49-,50+,51-,58+,59+,62-,64+,65+,66-,67+,68-,69+,70+,71+,72+,73+,74+,75-,77+,78+,87?,88-,89-/m0/s1. The van der Waals surface area contributed by atoms with Crippen LogP contribution in [0.15, 0.2) is 78.9 Å². The molecule has 734 valence electrons. The van der Waals surface area contributed by atoms with Crippen molar-refractivity contribution in [2.24, 2.45) is 11.7 Å². The van der Waals surface area contributed by atoms with E-state index in [4.69, 9.17) is 62.1 Å². The number of unbranched alkanes of at least 4 members (excludes halogenated alkanes) is 7. The number of nitrogens with one attached hydrogen (secondary N) is 11. The quantitative estimate of drug-likeness (QED) is 0.0239. The second-order valence-corrected chi connectivity index (χ2v) is 35.5. The lowest BCUT2D eigenvalue weighted by atomic mass is 9.85. The average Bonchev–Trinajstić information content (AvgIpc) is 0.777. The minimum Gasteiger partial charge on any atom is -0.508 e. The molecule has 45 heteroatoms. The smallest absolute Gasteiger partial charge is 0.326 e. The third kappa shape index (κ3) is 25.0. The molecule has 9 amide bonds. The van der Waals surface area contributed by atoms with Gasteiger partial charge in [-0.25, -0.2) is 4.79 Å². The van der Waals surface area contributed by atoms with Crippen molar-refractivity contribution in [2.45, 2.75) is 264 Å². The van der Waals surface area contributed by atoms with E-state index in [0.29, 0.717) is 19.2 Å². The summed E-state index contributed by atoms with van der Waals surface area (Å²) in [7, 11) is 1.46. The second-order valence-electron chi connectivity index (χ2n) is 34.7. The van der Waals surface area contributed by atoms with Gasteiger partial charge in [-0.2, -0.15) is 0 Å². The summed E-state index contributed by atoms with van der Waals surface area (Å²) in [6, 6.07) is -5.93. The molecule has 5 aromatic rings. The van der Waals surface area contributed by atoms with Gasteiger partial charge in [0, 0.05) is 48.7 Å². The summed E-state index contributed by atoms with van der Waals surface area (Å²) in [5.74, 6) is -19.8. The van der Waals surface area contributed by atoms with Crippen LogP contribution in [0, 0.1) is 5.92 Å². The Bertz CT molecular complexity index is 5050. The van der Waals surface area contributed by atoms with E-state index >= 15 is 28.8 Å². The summed E-state index contributed by atoms with van der Waals surface area (Å²) in [5, 5.41) is 187. The molecule has 0 radical (unpaired) electrons. The van der Waals surface area contributed by atoms with Gasteiger partial charge in [0.25, 0.3) is 0 Å². The number of carboxylic acids is 1. The highest BCUT2D eigenvalue weighted by atomic mass is 35.5. The predicted molar refractivity (Wildman–Crippen MR) is 472 cm³/mol. The van der Waals surface area contributed by atoms with Gasteiger partial charge in [0.1, 0.15) is 126 Å². The average molecular weight is 1920 g/mol. The number of carbonyl (C=O) groups is 10. The molecule has 8 aliphatic rings. The van der Waals surface area contributed by atoms with E-state index in [9.17, 15) is 90.7 Å². The van der Waals surface area contributed by atoms with Crippen molar-refractivity contribution in [2.75, 3.05) is 39.9 Å². The third-order valence-electron chi connectivity index (χ3n) is 24.3. The number of phenolic OH excluding ortho intramolecular Hbond substituents is 3. The number of carbonyl (C=O) groups excluding carboxylic acids is 9. The number of hydrogen-bond donors (Lipinski definition) is 26. The molecule has 8 heterocycles. The number of benzene rings is 5. The van der Waals surface area contributed by atoms with Crippen molar-refractivity contribution in [3.05, 3.63) is 117 Å². The molecule has 134 heavy (non-hydrogen) atoms. The van der Waals surface area contributed by atoms with E-state index < -0.39 is 321 Å². The van der Waals surface area contributed by atoms with Crippen molar-refractivity contribution in [3.8, 4) is 57.1 Å². The Labute approximate surface area is 779 Å². The zero-order valence-electron chi connectivity index (χ0n) is 74.1. The zero-order chi connectivity index (χ0) is 97.6. The molecule has 0 spiro atoms. The number of nitrogens with two attached hydrogens (primary N) is 1. The fraction of sp³-hybridized carbons (Fsp3) is 0.551. The number of rotatable bonds is 33. The molecule has 8 aliphatic heterocycles. The number of halogens is 2. The van der Waals surface area contributed by atoms with Crippen LogP contribution >= 0.6 is 23.2 Å². The molecule has 0 aliphatic carbocycles. The Morgan fingerprint density at radius 2 is 1.23 bits per heavy atom. The summed E-state index contributed by atoms with van der Waals surface area (Å²) < 4.78 is 44.7. The first-order valence-corrected chi connectivity index (χ1v) is 44.9. The fourth-order valence-corrected chi connectivity index (χ4v) is 17.4. The normalized spacial score (nSPS) is 28.7. The van der Waals surface area contributed by atoms with Crippen LogP contribution in [0.1, 0.15) is 176 Å². The molecule has 5 aromatic carbocycles. The van der Waals surface area contributed by atoms with Crippen molar-refractivity contribution in [1.29, 1.82) is 0 Å². The maximum absolute atomic E-state index is 16.5. The molecular formula is C89H118Cl2N12O31. The highest BCUT2D eigenvalue weighted by Crippen LogP contribution is 2.50. The third-order valence-corrected chi connectivity index (χ3v) is 24.9. The molecular weight excluding hydrogens is 1800 g/mol. The molecule has 43 nitrogen and oxygen atoms in total. The van der Waals surface area contributed by atoms with E-state index in [0.717, 1.165) is 99.3 Å². The van der Waals surface area contributed by atoms with Gasteiger partial charge in [-0.3, -0.25) is 43.2 Å². The number of likely N-dealkylation sites (N-methyl/N-ethyl adjacent to an activating group) is 1. The number of aromatic hydroxyl groups is 3. The van der Waals surface area contributed by atoms with Crippen LogP contribution in [0.4, 0.5) is 0 Å². The molecule has 13 rings (SSSR count). The van der Waals surface area contributed by atoms with Gasteiger partial charge in [0.05, 0.1) is 47.9 Å².